The summed E-state index contributed by atoms with van der Waals surface area (Å²) in [6, 6.07) is 4.69. The molecule has 1 aromatic rings. The first kappa shape index (κ1) is 15.7. The minimum Gasteiger partial charge on any atom is -0.397 e. The van der Waals surface area contributed by atoms with Gasteiger partial charge in [-0.1, -0.05) is 0 Å². The summed E-state index contributed by atoms with van der Waals surface area (Å²) in [5.74, 6) is 0. The molecule has 0 amide bonds. The molecule has 0 aliphatic heterocycles. The maximum absolute atomic E-state index is 11.6. The van der Waals surface area contributed by atoms with Crippen molar-refractivity contribution in [1.29, 1.82) is 0 Å². The van der Waals surface area contributed by atoms with Crippen molar-refractivity contribution in [2.24, 2.45) is 0 Å². The minimum absolute atomic E-state index is 0.173. The molecular formula is C12H22N4O2S. The number of nitrogens with two attached hydrogens (primary N) is 1. The maximum Gasteiger partial charge on any atom is 0.240 e. The van der Waals surface area contributed by atoms with Crippen LogP contribution in [0.5, 0.6) is 0 Å². The molecule has 0 aliphatic carbocycles. The Morgan fingerprint density at radius 3 is 2.53 bits per heavy atom. The second-order valence-electron chi connectivity index (χ2n) is 4.54. The third-order valence-electron chi connectivity index (χ3n) is 2.70. The van der Waals surface area contributed by atoms with Gasteiger partial charge in [-0.3, -0.25) is 0 Å². The summed E-state index contributed by atoms with van der Waals surface area (Å²) < 4.78 is 25.5. The van der Waals surface area contributed by atoms with Crippen LogP contribution in [0.2, 0.25) is 0 Å². The second-order valence-corrected chi connectivity index (χ2v) is 6.43. The number of anilines is 2. The SMILES string of the molecule is CNS(=O)(=O)c1ccc(NCCCN(C)C)c(N)c1. The Kier molecular flexibility index (Phi) is 5.59. The van der Waals surface area contributed by atoms with E-state index in [0.717, 1.165) is 25.2 Å². The van der Waals surface area contributed by atoms with Crippen molar-refractivity contribution >= 4 is 21.4 Å². The minimum atomic E-state index is -3.44. The van der Waals surface area contributed by atoms with Crippen molar-refractivity contribution in [1.82, 2.24) is 9.62 Å². The molecule has 0 bridgehead atoms. The van der Waals surface area contributed by atoms with Crippen molar-refractivity contribution in [3.8, 4) is 0 Å². The number of nitrogens with zero attached hydrogens (tertiary/aromatic N) is 1. The quantitative estimate of drug-likeness (QED) is 0.503. The molecule has 19 heavy (non-hydrogen) atoms. The lowest BCUT2D eigenvalue weighted by Crippen LogP contribution is -2.19. The molecule has 7 heteroatoms. The summed E-state index contributed by atoms with van der Waals surface area (Å²) >= 11 is 0. The number of benzene rings is 1. The summed E-state index contributed by atoms with van der Waals surface area (Å²) in [6.07, 6.45) is 0.989. The fourth-order valence-corrected chi connectivity index (χ4v) is 2.37. The van der Waals surface area contributed by atoms with E-state index in [1.165, 1.54) is 19.2 Å². The summed E-state index contributed by atoms with van der Waals surface area (Å²) in [4.78, 5) is 2.28. The van der Waals surface area contributed by atoms with E-state index in [0.29, 0.717) is 5.69 Å². The second kappa shape index (κ2) is 6.74. The summed E-state index contributed by atoms with van der Waals surface area (Å²) in [6.45, 7) is 1.78. The molecule has 6 nitrogen and oxygen atoms in total. The van der Waals surface area contributed by atoms with E-state index >= 15 is 0 Å². The number of nitrogens with one attached hydrogen (secondary N) is 2. The van der Waals surface area contributed by atoms with Crippen molar-refractivity contribution < 1.29 is 8.42 Å². The normalized spacial score (nSPS) is 11.8. The zero-order valence-electron chi connectivity index (χ0n) is 11.6. The van der Waals surface area contributed by atoms with Gasteiger partial charge in [0.25, 0.3) is 0 Å². The van der Waals surface area contributed by atoms with Gasteiger partial charge in [0, 0.05) is 6.54 Å². The van der Waals surface area contributed by atoms with Gasteiger partial charge in [0.15, 0.2) is 0 Å². The van der Waals surface area contributed by atoms with Crippen molar-refractivity contribution in [3.05, 3.63) is 18.2 Å². The smallest absolute Gasteiger partial charge is 0.240 e. The van der Waals surface area contributed by atoms with Crippen LogP contribution in [0, 0.1) is 0 Å². The van der Waals surface area contributed by atoms with Gasteiger partial charge in [-0.05, 0) is 52.3 Å². The molecule has 0 aromatic heterocycles. The van der Waals surface area contributed by atoms with Crippen LogP contribution in [-0.2, 0) is 10.0 Å². The van der Waals surface area contributed by atoms with Gasteiger partial charge in [0.05, 0.1) is 16.3 Å². The lowest BCUT2D eigenvalue weighted by atomic mass is 10.2. The average molecular weight is 286 g/mol. The highest BCUT2D eigenvalue weighted by molar-refractivity contribution is 7.89. The Labute approximate surface area is 115 Å². The highest BCUT2D eigenvalue weighted by atomic mass is 32.2. The van der Waals surface area contributed by atoms with Crippen LogP contribution < -0.4 is 15.8 Å². The van der Waals surface area contributed by atoms with Crippen molar-refractivity contribution in [3.63, 3.8) is 0 Å². The van der Waals surface area contributed by atoms with Gasteiger partial charge in [0.1, 0.15) is 0 Å². The molecule has 0 spiro atoms. The molecule has 0 unspecified atom stereocenters. The van der Waals surface area contributed by atoms with Crippen LogP contribution in [0.3, 0.4) is 0 Å². The molecule has 0 heterocycles. The molecule has 1 aromatic carbocycles. The third-order valence-corrected chi connectivity index (χ3v) is 4.11. The Morgan fingerprint density at radius 2 is 2.00 bits per heavy atom. The van der Waals surface area contributed by atoms with E-state index in [1.54, 1.807) is 6.07 Å². The zero-order valence-corrected chi connectivity index (χ0v) is 12.4. The molecule has 0 atom stereocenters. The fourth-order valence-electron chi connectivity index (χ4n) is 1.61. The average Bonchev–Trinajstić information content (AvgIpc) is 2.35. The van der Waals surface area contributed by atoms with Gasteiger partial charge < -0.3 is 16.0 Å². The van der Waals surface area contributed by atoms with Crippen LogP contribution >= 0.6 is 0 Å². The highest BCUT2D eigenvalue weighted by Crippen LogP contribution is 2.22. The summed E-state index contributed by atoms with van der Waals surface area (Å²) in [5, 5.41) is 3.20. The summed E-state index contributed by atoms with van der Waals surface area (Å²) in [7, 11) is 1.97. The Bertz CT molecular complexity index is 514. The number of sulfonamides is 1. The lowest BCUT2D eigenvalue weighted by Gasteiger charge is -2.13. The monoisotopic (exact) mass is 286 g/mol. The first-order valence-corrected chi connectivity index (χ1v) is 7.57. The predicted octanol–water partition coefficient (Wildman–Crippen LogP) is 0.541. The number of nitrogen functional groups attached to an aromatic ring is 1. The van der Waals surface area contributed by atoms with Gasteiger partial charge in [-0.25, -0.2) is 13.1 Å². The topological polar surface area (TPSA) is 87.5 Å². The molecular weight excluding hydrogens is 264 g/mol. The van der Waals surface area contributed by atoms with Crippen molar-refractivity contribution in [2.45, 2.75) is 11.3 Å². The Balaban J connectivity index is 2.68. The van der Waals surface area contributed by atoms with Crippen molar-refractivity contribution in [2.75, 3.05) is 45.3 Å². The van der Waals surface area contributed by atoms with Gasteiger partial charge >= 0.3 is 0 Å². The number of hydrogen-bond donors (Lipinski definition) is 3. The first-order chi connectivity index (χ1) is 8.86. The van der Waals surface area contributed by atoms with Crippen LogP contribution in [0.25, 0.3) is 0 Å². The van der Waals surface area contributed by atoms with E-state index in [4.69, 9.17) is 5.73 Å². The first-order valence-electron chi connectivity index (χ1n) is 6.08. The van der Waals surface area contributed by atoms with E-state index in [-0.39, 0.29) is 4.90 Å². The van der Waals surface area contributed by atoms with Crippen LogP contribution in [0.1, 0.15) is 6.42 Å². The number of hydrogen-bond acceptors (Lipinski definition) is 5. The van der Waals surface area contributed by atoms with Crippen LogP contribution in [0.15, 0.2) is 23.1 Å². The molecule has 108 valence electrons. The zero-order chi connectivity index (χ0) is 14.5. The lowest BCUT2D eigenvalue weighted by molar-refractivity contribution is 0.405. The Hall–Kier alpha value is -1.31. The molecule has 4 N–H and O–H groups in total. The maximum atomic E-state index is 11.6. The van der Waals surface area contributed by atoms with E-state index in [9.17, 15) is 8.42 Å². The molecule has 0 aliphatic rings. The fraction of sp³-hybridized carbons (Fsp3) is 0.500. The van der Waals surface area contributed by atoms with Crippen LogP contribution in [-0.4, -0.2) is 47.6 Å². The van der Waals surface area contributed by atoms with Gasteiger partial charge in [-0.15, -0.1) is 0 Å². The standard InChI is InChI=1S/C12H22N4O2S/c1-14-19(17,18)10-5-6-12(11(13)9-10)15-7-4-8-16(2)3/h5-6,9,14-15H,4,7-8,13H2,1-3H3. The van der Waals surface area contributed by atoms with E-state index in [1.807, 2.05) is 14.1 Å². The predicted molar refractivity (Wildman–Crippen MR) is 78.8 cm³/mol. The van der Waals surface area contributed by atoms with Gasteiger partial charge in [0.2, 0.25) is 10.0 Å². The third kappa shape index (κ3) is 4.70. The molecule has 1 rings (SSSR count). The largest absolute Gasteiger partial charge is 0.397 e. The Morgan fingerprint density at radius 1 is 1.32 bits per heavy atom. The van der Waals surface area contributed by atoms with Crippen LogP contribution in [0.4, 0.5) is 11.4 Å². The van der Waals surface area contributed by atoms with E-state index in [2.05, 4.69) is 14.9 Å². The molecule has 0 fully saturated rings. The molecule has 0 saturated heterocycles. The molecule has 0 radical (unpaired) electrons. The molecule has 0 saturated carbocycles. The highest BCUT2D eigenvalue weighted by Gasteiger charge is 2.12. The van der Waals surface area contributed by atoms with Gasteiger partial charge in [-0.2, -0.15) is 0 Å². The van der Waals surface area contributed by atoms with E-state index < -0.39 is 10.0 Å². The number of rotatable bonds is 7. The summed E-state index contributed by atoms with van der Waals surface area (Å²) in [5.41, 5.74) is 7.04.